The molecule has 2 saturated heterocycles. The van der Waals surface area contributed by atoms with Gasteiger partial charge in [-0.3, -0.25) is 4.79 Å². The van der Waals surface area contributed by atoms with Gasteiger partial charge in [-0.2, -0.15) is 0 Å². The number of rotatable bonds is 1. The van der Waals surface area contributed by atoms with Crippen LogP contribution in [0.4, 0.5) is 0 Å². The number of hydrogen-bond donors (Lipinski definition) is 0. The molecule has 0 aromatic carbocycles. The van der Waals surface area contributed by atoms with E-state index in [4.69, 9.17) is 0 Å². The SMILES string of the molecule is C=CC1CCN2C(=O)CCC12. The van der Waals surface area contributed by atoms with Crippen LogP contribution in [0.1, 0.15) is 19.3 Å². The van der Waals surface area contributed by atoms with Crippen LogP contribution in [0.5, 0.6) is 0 Å². The molecule has 11 heavy (non-hydrogen) atoms. The largest absolute Gasteiger partial charge is 0.339 e. The van der Waals surface area contributed by atoms with Crippen molar-refractivity contribution in [3.8, 4) is 0 Å². The molecule has 0 saturated carbocycles. The van der Waals surface area contributed by atoms with E-state index in [1.807, 2.05) is 11.0 Å². The van der Waals surface area contributed by atoms with Crippen LogP contribution in [0.3, 0.4) is 0 Å². The van der Waals surface area contributed by atoms with E-state index in [1.165, 1.54) is 0 Å². The Morgan fingerprint density at radius 1 is 1.55 bits per heavy atom. The fourth-order valence-corrected chi connectivity index (χ4v) is 2.25. The summed E-state index contributed by atoms with van der Waals surface area (Å²) in [5.41, 5.74) is 0. The number of hydrogen-bond acceptors (Lipinski definition) is 1. The topological polar surface area (TPSA) is 20.3 Å². The van der Waals surface area contributed by atoms with Gasteiger partial charge in [-0.25, -0.2) is 0 Å². The van der Waals surface area contributed by atoms with Crippen LogP contribution < -0.4 is 0 Å². The van der Waals surface area contributed by atoms with E-state index in [0.717, 1.165) is 25.8 Å². The normalized spacial score (nSPS) is 36.0. The summed E-state index contributed by atoms with van der Waals surface area (Å²) in [5.74, 6) is 0.917. The van der Waals surface area contributed by atoms with Crippen molar-refractivity contribution in [2.75, 3.05) is 6.54 Å². The molecular formula is C9H13NO. The van der Waals surface area contributed by atoms with Gasteiger partial charge in [-0.05, 0) is 18.8 Å². The van der Waals surface area contributed by atoms with Gasteiger partial charge in [0.2, 0.25) is 5.91 Å². The third-order valence-electron chi connectivity index (χ3n) is 2.87. The lowest BCUT2D eigenvalue weighted by molar-refractivity contribution is -0.127. The molecule has 60 valence electrons. The molecule has 2 aliphatic heterocycles. The molecule has 0 spiro atoms. The third kappa shape index (κ3) is 0.889. The molecule has 0 aliphatic carbocycles. The highest BCUT2D eigenvalue weighted by Gasteiger charge is 2.39. The van der Waals surface area contributed by atoms with Gasteiger partial charge >= 0.3 is 0 Å². The first-order chi connectivity index (χ1) is 5.33. The fraction of sp³-hybridized carbons (Fsp3) is 0.667. The zero-order valence-corrected chi connectivity index (χ0v) is 6.62. The summed E-state index contributed by atoms with van der Waals surface area (Å²) in [6.07, 6.45) is 4.94. The number of fused-ring (bicyclic) bond motifs is 1. The Morgan fingerprint density at radius 2 is 2.36 bits per heavy atom. The molecule has 0 aromatic heterocycles. The van der Waals surface area contributed by atoms with Crippen molar-refractivity contribution < 1.29 is 4.79 Å². The average molecular weight is 151 g/mol. The van der Waals surface area contributed by atoms with Crippen molar-refractivity contribution in [2.24, 2.45) is 5.92 Å². The quantitative estimate of drug-likeness (QED) is 0.515. The first-order valence-electron chi connectivity index (χ1n) is 4.25. The lowest BCUT2D eigenvalue weighted by Crippen LogP contribution is -2.28. The minimum Gasteiger partial charge on any atom is -0.339 e. The first kappa shape index (κ1) is 6.89. The summed E-state index contributed by atoms with van der Waals surface area (Å²) in [7, 11) is 0. The predicted octanol–water partition coefficient (Wildman–Crippen LogP) is 1.18. The second-order valence-corrected chi connectivity index (χ2v) is 3.38. The Bertz CT molecular complexity index is 200. The maximum atomic E-state index is 11.2. The summed E-state index contributed by atoms with van der Waals surface area (Å²) in [4.78, 5) is 13.2. The van der Waals surface area contributed by atoms with Crippen LogP contribution in [0.2, 0.25) is 0 Å². The van der Waals surface area contributed by atoms with Crippen molar-refractivity contribution in [1.29, 1.82) is 0 Å². The Kier molecular flexibility index (Phi) is 1.48. The maximum absolute atomic E-state index is 11.2. The van der Waals surface area contributed by atoms with E-state index in [-0.39, 0.29) is 0 Å². The number of carbonyl (C=O) groups excluding carboxylic acids is 1. The molecule has 1 amide bonds. The molecular weight excluding hydrogens is 138 g/mol. The third-order valence-corrected chi connectivity index (χ3v) is 2.87. The monoisotopic (exact) mass is 151 g/mol. The molecule has 0 bridgehead atoms. The lowest BCUT2D eigenvalue weighted by atomic mass is 9.99. The van der Waals surface area contributed by atoms with E-state index >= 15 is 0 Å². The Morgan fingerprint density at radius 3 is 3.09 bits per heavy atom. The molecule has 0 aromatic rings. The Balaban J connectivity index is 2.15. The first-order valence-corrected chi connectivity index (χ1v) is 4.25. The fourth-order valence-electron chi connectivity index (χ4n) is 2.25. The molecule has 0 N–H and O–H groups in total. The highest BCUT2D eigenvalue weighted by molar-refractivity contribution is 5.79. The molecule has 2 nitrogen and oxygen atoms in total. The van der Waals surface area contributed by atoms with Gasteiger partial charge in [0.05, 0.1) is 0 Å². The maximum Gasteiger partial charge on any atom is 0.222 e. The highest BCUT2D eigenvalue weighted by atomic mass is 16.2. The molecule has 2 atom stereocenters. The number of carbonyl (C=O) groups is 1. The smallest absolute Gasteiger partial charge is 0.222 e. The van der Waals surface area contributed by atoms with Crippen LogP contribution in [0.25, 0.3) is 0 Å². The van der Waals surface area contributed by atoms with Gasteiger partial charge in [0, 0.05) is 19.0 Å². The van der Waals surface area contributed by atoms with E-state index in [1.54, 1.807) is 0 Å². The van der Waals surface area contributed by atoms with Crippen LogP contribution in [-0.2, 0) is 4.79 Å². The Hall–Kier alpha value is -0.790. The van der Waals surface area contributed by atoms with Crippen molar-refractivity contribution >= 4 is 5.91 Å². The molecule has 2 heteroatoms. The van der Waals surface area contributed by atoms with E-state index < -0.39 is 0 Å². The highest BCUT2D eigenvalue weighted by Crippen LogP contribution is 2.33. The Labute approximate surface area is 66.9 Å². The van der Waals surface area contributed by atoms with Crippen molar-refractivity contribution in [3.63, 3.8) is 0 Å². The minimum atomic E-state index is 0.347. The van der Waals surface area contributed by atoms with Gasteiger partial charge in [-0.15, -0.1) is 6.58 Å². The standard InChI is InChI=1S/C9H13NO/c1-2-7-5-6-10-8(7)3-4-9(10)11/h2,7-8H,1,3-6H2. The van der Waals surface area contributed by atoms with Gasteiger partial charge in [0.25, 0.3) is 0 Å². The van der Waals surface area contributed by atoms with Crippen LogP contribution in [-0.4, -0.2) is 23.4 Å². The van der Waals surface area contributed by atoms with Crippen molar-refractivity contribution in [3.05, 3.63) is 12.7 Å². The molecule has 2 unspecified atom stereocenters. The van der Waals surface area contributed by atoms with Gasteiger partial charge in [0.15, 0.2) is 0 Å². The lowest BCUT2D eigenvalue weighted by Gasteiger charge is -2.17. The summed E-state index contributed by atoms with van der Waals surface area (Å²) in [5, 5.41) is 0. The van der Waals surface area contributed by atoms with E-state index in [2.05, 4.69) is 6.58 Å². The van der Waals surface area contributed by atoms with E-state index in [0.29, 0.717) is 17.9 Å². The summed E-state index contributed by atoms with van der Waals surface area (Å²) in [6.45, 7) is 4.75. The summed E-state index contributed by atoms with van der Waals surface area (Å²) in [6, 6.07) is 0.500. The molecule has 2 rings (SSSR count). The van der Waals surface area contributed by atoms with Crippen LogP contribution in [0, 0.1) is 5.92 Å². The van der Waals surface area contributed by atoms with Crippen molar-refractivity contribution in [1.82, 2.24) is 4.90 Å². The zero-order chi connectivity index (χ0) is 7.84. The molecule has 2 heterocycles. The minimum absolute atomic E-state index is 0.347. The summed E-state index contributed by atoms with van der Waals surface area (Å²) >= 11 is 0. The molecule has 2 aliphatic rings. The molecule has 2 fully saturated rings. The number of amides is 1. The zero-order valence-electron chi connectivity index (χ0n) is 6.62. The predicted molar refractivity (Wildman–Crippen MR) is 43.0 cm³/mol. The van der Waals surface area contributed by atoms with Crippen LogP contribution >= 0.6 is 0 Å². The second-order valence-electron chi connectivity index (χ2n) is 3.38. The van der Waals surface area contributed by atoms with Gasteiger partial charge in [0.1, 0.15) is 0 Å². The van der Waals surface area contributed by atoms with Gasteiger partial charge < -0.3 is 4.90 Å². The van der Waals surface area contributed by atoms with Crippen LogP contribution in [0.15, 0.2) is 12.7 Å². The second kappa shape index (κ2) is 2.36. The number of nitrogens with zero attached hydrogens (tertiary/aromatic N) is 1. The average Bonchev–Trinajstić information content (AvgIpc) is 2.53. The molecule has 0 radical (unpaired) electrons. The van der Waals surface area contributed by atoms with Crippen molar-refractivity contribution in [2.45, 2.75) is 25.3 Å². The van der Waals surface area contributed by atoms with E-state index in [9.17, 15) is 4.79 Å². The van der Waals surface area contributed by atoms with Gasteiger partial charge in [-0.1, -0.05) is 6.08 Å². The summed E-state index contributed by atoms with van der Waals surface area (Å²) < 4.78 is 0.